The summed E-state index contributed by atoms with van der Waals surface area (Å²) in [5.74, 6) is 0.879. The molecular weight excluding hydrogens is 396 g/mol. The summed E-state index contributed by atoms with van der Waals surface area (Å²) < 4.78 is 25.7. The second-order valence-electron chi connectivity index (χ2n) is 6.75. The summed E-state index contributed by atoms with van der Waals surface area (Å²) in [6, 6.07) is 8.26. The van der Waals surface area contributed by atoms with Crippen molar-refractivity contribution >= 4 is 48.4 Å². The first-order valence-corrected chi connectivity index (χ1v) is 11.4. The van der Waals surface area contributed by atoms with E-state index < -0.39 is 10.0 Å². The van der Waals surface area contributed by atoms with Gasteiger partial charge in [-0.05, 0) is 19.9 Å². The molecular formula is C18H20N6O2S2. The summed E-state index contributed by atoms with van der Waals surface area (Å²) in [6.45, 7) is 4.25. The average Bonchev–Trinajstić information content (AvgIpc) is 3.24. The highest BCUT2D eigenvalue weighted by Gasteiger charge is 2.18. The Hall–Kier alpha value is -2.56. The number of nitrogens with one attached hydrogen (secondary N) is 1. The molecule has 8 nitrogen and oxygen atoms in total. The summed E-state index contributed by atoms with van der Waals surface area (Å²) >= 11 is 1.64. The number of primary sulfonamides is 1. The molecule has 0 aliphatic rings. The molecule has 4 rings (SSSR count). The number of thiophene rings is 1. The minimum atomic E-state index is -3.57. The van der Waals surface area contributed by atoms with Gasteiger partial charge in [0.1, 0.15) is 5.52 Å². The van der Waals surface area contributed by atoms with Gasteiger partial charge in [-0.25, -0.2) is 28.5 Å². The van der Waals surface area contributed by atoms with Gasteiger partial charge in [0.25, 0.3) is 0 Å². The van der Waals surface area contributed by atoms with Crippen molar-refractivity contribution in [2.24, 2.45) is 5.14 Å². The fourth-order valence-corrected chi connectivity index (χ4v) is 4.33. The number of hydrogen-bond donors (Lipinski definition) is 2. The standard InChI is InChI=1S/C18H20N6O2S2/c1-11(2)24-10-21-15-17(20-7-8-28(19,25)26)22-16(23-18(15)24)13-9-27-14-6-4-3-5-12(13)14/h3-6,9-11H,7-8H2,1-2H3,(H2,19,25,26)(H,20,22,23). The minimum Gasteiger partial charge on any atom is -0.367 e. The van der Waals surface area contributed by atoms with Crippen molar-refractivity contribution in [2.45, 2.75) is 19.9 Å². The molecule has 0 aliphatic heterocycles. The number of nitrogens with two attached hydrogens (primary N) is 1. The van der Waals surface area contributed by atoms with E-state index in [0.29, 0.717) is 22.8 Å². The van der Waals surface area contributed by atoms with Crippen molar-refractivity contribution in [2.75, 3.05) is 17.6 Å². The fraction of sp³-hybridized carbons (Fsp3) is 0.278. The Labute approximate surface area is 166 Å². The molecule has 0 saturated carbocycles. The van der Waals surface area contributed by atoms with E-state index in [0.717, 1.165) is 15.6 Å². The summed E-state index contributed by atoms with van der Waals surface area (Å²) in [4.78, 5) is 13.9. The van der Waals surface area contributed by atoms with E-state index in [1.54, 1.807) is 17.7 Å². The van der Waals surface area contributed by atoms with Gasteiger partial charge in [-0.15, -0.1) is 11.3 Å². The maximum atomic E-state index is 11.3. The van der Waals surface area contributed by atoms with Gasteiger partial charge in [0, 0.05) is 33.6 Å². The second kappa shape index (κ2) is 7.12. The van der Waals surface area contributed by atoms with Crippen LogP contribution in [0, 0.1) is 0 Å². The van der Waals surface area contributed by atoms with Crippen molar-refractivity contribution < 1.29 is 8.42 Å². The zero-order valence-electron chi connectivity index (χ0n) is 15.5. The smallest absolute Gasteiger partial charge is 0.210 e. The van der Waals surface area contributed by atoms with Gasteiger partial charge in [-0.1, -0.05) is 18.2 Å². The first-order chi connectivity index (χ1) is 13.3. The van der Waals surface area contributed by atoms with Gasteiger partial charge < -0.3 is 9.88 Å². The SMILES string of the molecule is CC(C)n1cnc2c(NCCS(N)(=O)=O)nc(-c3csc4ccccc34)nc21. The van der Waals surface area contributed by atoms with Crippen molar-refractivity contribution in [1.82, 2.24) is 19.5 Å². The fourth-order valence-electron chi connectivity index (χ4n) is 3.00. The third-order valence-corrected chi connectivity index (χ3v) is 6.12. The van der Waals surface area contributed by atoms with Gasteiger partial charge in [-0.2, -0.15) is 0 Å². The lowest BCUT2D eigenvalue weighted by Gasteiger charge is -2.11. The maximum Gasteiger partial charge on any atom is 0.210 e. The average molecular weight is 417 g/mol. The third-order valence-electron chi connectivity index (χ3n) is 4.38. The number of fused-ring (bicyclic) bond motifs is 2. The van der Waals surface area contributed by atoms with Gasteiger partial charge in [0.05, 0.1) is 12.1 Å². The van der Waals surface area contributed by atoms with Crippen LogP contribution in [0.2, 0.25) is 0 Å². The van der Waals surface area contributed by atoms with E-state index in [2.05, 4.69) is 35.2 Å². The predicted octanol–water partition coefficient (Wildman–Crippen LogP) is 2.99. The Bertz CT molecular complexity index is 1260. The zero-order chi connectivity index (χ0) is 19.9. The van der Waals surface area contributed by atoms with Crippen LogP contribution >= 0.6 is 11.3 Å². The van der Waals surface area contributed by atoms with Crippen LogP contribution in [0.15, 0.2) is 36.0 Å². The molecule has 0 atom stereocenters. The van der Waals surface area contributed by atoms with Crippen molar-refractivity contribution in [3.63, 3.8) is 0 Å². The number of aromatic nitrogens is 4. The first-order valence-electron chi connectivity index (χ1n) is 8.79. The van der Waals surface area contributed by atoms with E-state index in [1.165, 1.54) is 0 Å². The summed E-state index contributed by atoms with van der Waals surface area (Å²) in [6.07, 6.45) is 1.73. The predicted molar refractivity (Wildman–Crippen MR) is 113 cm³/mol. The van der Waals surface area contributed by atoms with Crippen LogP contribution in [0.25, 0.3) is 32.6 Å². The van der Waals surface area contributed by atoms with Crippen LogP contribution in [0.5, 0.6) is 0 Å². The highest BCUT2D eigenvalue weighted by Crippen LogP contribution is 2.34. The lowest BCUT2D eigenvalue weighted by molar-refractivity contribution is 0.598. The quantitative estimate of drug-likeness (QED) is 0.499. The van der Waals surface area contributed by atoms with Crippen LogP contribution in [0.3, 0.4) is 0 Å². The normalized spacial score (nSPS) is 12.3. The molecule has 10 heteroatoms. The summed E-state index contributed by atoms with van der Waals surface area (Å²) in [7, 11) is -3.57. The molecule has 4 aromatic rings. The van der Waals surface area contributed by atoms with Crippen LogP contribution in [-0.4, -0.2) is 40.2 Å². The van der Waals surface area contributed by atoms with Gasteiger partial charge in [0.15, 0.2) is 17.3 Å². The number of imidazole rings is 1. The van der Waals surface area contributed by atoms with Crippen LogP contribution in [0.1, 0.15) is 19.9 Å². The molecule has 1 aromatic carbocycles. The Balaban J connectivity index is 1.85. The molecule has 0 radical (unpaired) electrons. The monoisotopic (exact) mass is 416 g/mol. The van der Waals surface area contributed by atoms with Gasteiger partial charge >= 0.3 is 0 Å². The highest BCUT2D eigenvalue weighted by molar-refractivity contribution is 7.89. The summed E-state index contributed by atoms with van der Waals surface area (Å²) in [5, 5.41) is 11.3. The highest BCUT2D eigenvalue weighted by atomic mass is 32.2. The number of anilines is 1. The molecule has 0 bridgehead atoms. The molecule has 0 unspecified atom stereocenters. The lowest BCUT2D eigenvalue weighted by atomic mass is 10.1. The molecule has 3 N–H and O–H groups in total. The number of rotatable bonds is 6. The molecule has 0 spiro atoms. The van der Waals surface area contributed by atoms with Crippen LogP contribution in [-0.2, 0) is 10.0 Å². The van der Waals surface area contributed by atoms with Gasteiger partial charge in [-0.3, -0.25) is 0 Å². The molecule has 3 heterocycles. The van der Waals surface area contributed by atoms with Crippen LogP contribution in [0.4, 0.5) is 5.82 Å². The molecule has 146 valence electrons. The van der Waals surface area contributed by atoms with E-state index in [1.807, 2.05) is 28.1 Å². The molecule has 3 aromatic heterocycles. The van der Waals surface area contributed by atoms with Gasteiger partial charge in [0.2, 0.25) is 10.0 Å². The Morgan fingerprint density at radius 2 is 2.04 bits per heavy atom. The number of hydrogen-bond acceptors (Lipinski definition) is 7. The van der Waals surface area contributed by atoms with E-state index >= 15 is 0 Å². The third kappa shape index (κ3) is 3.58. The molecule has 0 saturated heterocycles. The first kappa shape index (κ1) is 18.8. The number of nitrogens with zero attached hydrogens (tertiary/aromatic N) is 4. The Kier molecular flexibility index (Phi) is 4.77. The second-order valence-corrected chi connectivity index (χ2v) is 9.40. The van der Waals surface area contributed by atoms with Crippen molar-refractivity contribution in [1.29, 1.82) is 0 Å². The Morgan fingerprint density at radius 1 is 1.25 bits per heavy atom. The lowest BCUT2D eigenvalue weighted by Crippen LogP contribution is -2.22. The molecule has 0 fully saturated rings. The number of sulfonamides is 1. The van der Waals surface area contributed by atoms with E-state index in [-0.39, 0.29) is 18.3 Å². The molecule has 0 amide bonds. The summed E-state index contributed by atoms with van der Waals surface area (Å²) in [5.41, 5.74) is 2.24. The van der Waals surface area contributed by atoms with E-state index in [4.69, 9.17) is 10.1 Å². The number of benzene rings is 1. The minimum absolute atomic E-state index is 0.142. The van der Waals surface area contributed by atoms with Crippen LogP contribution < -0.4 is 10.5 Å². The molecule has 28 heavy (non-hydrogen) atoms. The largest absolute Gasteiger partial charge is 0.367 e. The zero-order valence-corrected chi connectivity index (χ0v) is 17.1. The topological polar surface area (TPSA) is 116 Å². The van der Waals surface area contributed by atoms with Crippen molar-refractivity contribution in [3.8, 4) is 11.4 Å². The van der Waals surface area contributed by atoms with E-state index in [9.17, 15) is 8.42 Å². The van der Waals surface area contributed by atoms with Crippen molar-refractivity contribution in [3.05, 3.63) is 36.0 Å². The maximum absolute atomic E-state index is 11.3. The Morgan fingerprint density at radius 3 is 2.79 bits per heavy atom. The molecule has 0 aliphatic carbocycles.